The van der Waals surface area contributed by atoms with Crippen molar-refractivity contribution < 1.29 is 4.79 Å². The highest BCUT2D eigenvalue weighted by molar-refractivity contribution is 5.83. The van der Waals surface area contributed by atoms with E-state index in [-0.39, 0.29) is 11.3 Å². The number of nitriles is 1. The Hall–Kier alpha value is -1.12. The summed E-state index contributed by atoms with van der Waals surface area (Å²) in [5.41, 5.74) is 5.71. The van der Waals surface area contributed by atoms with Gasteiger partial charge in [0, 0.05) is 45.7 Å². The van der Waals surface area contributed by atoms with Gasteiger partial charge in [-0.3, -0.25) is 9.69 Å². The molecule has 5 heteroatoms. The average molecular weight is 292 g/mol. The van der Waals surface area contributed by atoms with Gasteiger partial charge in [-0.05, 0) is 12.8 Å². The van der Waals surface area contributed by atoms with Crippen molar-refractivity contribution in [3.63, 3.8) is 0 Å². The molecule has 2 N–H and O–H groups in total. The lowest BCUT2D eigenvalue weighted by Gasteiger charge is -2.40. The second-order valence-electron chi connectivity index (χ2n) is 6.44. The molecule has 0 unspecified atom stereocenters. The smallest absolute Gasteiger partial charge is 0.230 e. The van der Waals surface area contributed by atoms with Crippen LogP contribution in [-0.2, 0) is 4.79 Å². The normalized spacial score (nSPS) is 23.3. The Labute approximate surface area is 128 Å². The first-order chi connectivity index (χ1) is 10.2. The fourth-order valence-electron chi connectivity index (χ4n) is 3.63. The van der Waals surface area contributed by atoms with Gasteiger partial charge in [0.05, 0.1) is 11.5 Å². The fourth-order valence-corrected chi connectivity index (χ4v) is 3.63. The summed E-state index contributed by atoms with van der Waals surface area (Å²) >= 11 is 0. The van der Waals surface area contributed by atoms with E-state index in [9.17, 15) is 4.79 Å². The molecular formula is C16H28N4O. The molecule has 1 aliphatic carbocycles. The first kappa shape index (κ1) is 16.3. The molecular weight excluding hydrogens is 264 g/mol. The molecule has 0 bridgehead atoms. The number of amides is 1. The summed E-state index contributed by atoms with van der Waals surface area (Å²) in [5.74, 6) is 0.284. The first-order valence-corrected chi connectivity index (χ1v) is 8.30. The van der Waals surface area contributed by atoms with E-state index >= 15 is 0 Å². The van der Waals surface area contributed by atoms with E-state index in [0.717, 1.165) is 58.4 Å². The molecule has 5 nitrogen and oxygen atoms in total. The van der Waals surface area contributed by atoms with E-state index in [1.54, 1.807) is 0 Å². The number of rotatable bonds is 4. The fraction of sp³-hybridized carbons (Fsp3) is 0.875. The van der Waals surface area contributed by atoms with Crippen molar-refractivity contribution in [3.8, 4) is 6.07 Å². The largest absolute Gasteiger partial charge is 0.340 e. The van der Waals surface area contributed by atoms with Crippen LogP contribution in [0.15, 0.2) is 0 Å². The third-order valence-corrected chi connectivity index (χ3v) is 5.10. The van der Waals surface area contributed by atoms with Gasteiger partial charge in [-0.1, -0.05) is 25.7 Å². The molecule has 0 atom stereocenters. The van der Waals surface area contributed by atoms with E-state index in [4.69, 9.17) is 11.0 Å². The quantitative estimate of drug-likeness (QED) is 0.794. The van der Waals surface area contributed by atoms with Gasteiger partial charge >= 0.3 is 0 Å². The Morgan fingerprint density at radius 1 is 1.10 bits per heavy atom. The van der Waals surface area contributed by atoms with Gasteiger partial charge in [-0.25, -0.2) is 0 Å². The van der Waals surface area contributed by atoms with E-state index < -0.39 is 0 Å². The van der Waals surface area contributed by atoms with Crippen molar-refractivity contribution in [1.29, 1.82) is 5.26 Å². The van der Waals surface area contributed by atoms with Gasteiger partial charge in [0.1, 0.15) is 0 Å². The number of piperazine rings is 1. The molecule has 0 aromatic heterocycles. The van der Waals surface area contributed by atoms with Gasteiger partial charge in [-0.15, -0.1) is 0 Å². The molecule has 118 valence electrons. The SMILES string of the molecule is N#CCCN1CCN(C(=O)C2(CN)CCCCCC2)CC1. The van der Waals surface area contributed by atoms with Gasteiger partial charge < -0.3 is 10.6 Å². The van der Waals surface area contributed by atoms with Gasteiger partial charge in [-0.2, -0.15) is 5.26 Å². The van der Waals surface area contributed by atoms with Crippen LogP contribution < -0.4 is 5.73 Å². The van der Waals surface area contributed by atoms with Crippen molar-refractivity contribution in [3.05, 3.63) is 0 Å². The lowest BCUT2D eigenvalue weighted by Crippen LogP contribution is -2.55. The minimum absolute atomic E-state index is 0.284. The lowest BCUT2D eigenvalue weighted by molar-refractivity contribution is -0.144. The van der Waals surface area contributed by atoms with E-state index in [2.05, 4.69) is 11.0 Å². The summed E-state index contributed by atoms with van der Waals surface area (Å²) in [6, 6.07) is 2.18. The summed E-state index contributed by atoms with van der Waals surface area (Å²) in [4.78, 5) is 17.2. The van der Waals surface area contributed by atoms with Crippen LogP contribution in [-0.4, -0.2) is 55.0 Å². The zero-order chi connectivity index (χ0) is 15.1. The number of hydrogen-bond acceptors (Lipinski definition) is 4. The van der Waals surface area contributed by atoms with Crippen LogP contribution in [0, 0.1) is 16.7 Å². The molecule has 2 fully saturated rings. The molecule has 0 aromatic rings. The summed E-state index contributed by atoms with van der Waals surface area (Å²) < 4.78 is 0. The summed E-state index contributed by atoms with van der Waals surface area (Å²) in [5, 5.41) is 8.64. The average Bonchev–Trinajstić information content (AvgIpc) is 2.79. The topological polar surface area (TPSA) is 73.4 Å². The number of carbonyl (C=O) groups excluding carboxylic acids is 1. The standard InChI is InChI=1S/C16H28N4O/c17-8-5-9-19-10-12-20(13-11-19)15(21)16(14-18)6-3-1-2-4-7-16/h1-7,9-14,18H2. The second kappa shape index (κ2) is 7.77. The molecule has 0 radical (unpaired) electrons. The summed E-state index contributed by atoms with van der Waals surface area (Å²) in [7, 11) is 0. The van der Waals surface area contributed by atoms with Gasteiger partial charge in [0.15, 0.2) is 0 Å². The van der Waals surface area contributed by atoms with Crippen molar-refractivity contribution in [2.75, 3.05) is 39.3 Å². The molecule has 2 rings (SSSR count). The molecule has 0 aromatic carbocycles. The zero-order valence-electron chi connectivity index (χ0n) is 13.0. The van der Waals surface area contributed by atoms with Crippen LogP contribution in [0.4, 0.5) is 0 Å². The van der Waals surface area contributed by atoms with Crippen molar-refractivity contribution in [2.24, 2.45) is 11.1 Å². The second-order valence-corrected chi connectivity index (χ2v) is 6.44. The third kappa shape index (κ3) is 3.96. The number of carbonyl (C=O) groups is 1. The van der Waals surface area contributed by atoms with E-state index in [0.29, 0.717) is 13.0 Å². The Morgan fingerprint density at radius 3 is 2.24 bits per heavy atom. The first-order valence-electron chi connectivity index (χ1n) is 8.30. The van der Waals surface area contributed by atoms with Crippen LogP contribution in [0.1, 0.15) is 44.9 Å². The van der Waals surface area contributed by atoms with Crippen molar-refractivity contribution in [2.45, 2.75) is 44.9 Å². The molecule has 1 saturated carbocycles. The monoisotopic (exact) mass is 292 g/mol. The number of nitrogens with two attached hydrogens (primary N) is 1. The highest BCUT2D eigenvalue weighted by Crippen LogP contribution is 2.36. The molecule has 1 heterocycles. The molecule has 1 aliphatic heterocycles. The minimum Gasteiger partial charge on any atom is -0.340 e. The van der Waals surface area contributed by atoms with Crippen LogP contribution in [0.25, 0.3) is 0 Å². The lowest BCUT2D eigenvalue weighted by atomic mass is 9.79. The molecule has 1 saturated heterocycles. The van der Waals surface area contributed by atoms with Gasteiger partial charge in [0.2, 0.25) is 5.91 Å². The molecule has 2 aliphatic rings. The molecule has 0 spiro atoms. The maximum absolute atomic E-state index is 13.0. The predicted molar refractivity (Wildman–Crippen MR) is 82.4 cm³/mol. The van der Waals surface area contributed by atoms with E-state index in [1.165, 1.54) is 12.8 Å². The highest BCUT2D eigenvalue weighted by atomic mass is 16.2. The third-order valence-electron chi connectivity index (χ3n) is 5.10. The highest BCUT2D eigenvalue weighted by Gasteiger charge is 2.40. The maximum Gasteiger partial charge on any atom is 0.230 e. The maximum atomic E-state index is 13.0. The minimum atomic E-state index is -0.300. The van der Waals surface area contributed by atoms with E-state index in [1.807, 2.05) is 4.90 Å². The van der Waals surface area contributed by atoms with Crippen molar-refractivity contribution >= 4 is 5.91 Å². The number of nitrogens with zero attached hydrogens (tertiary/aromatic N) is 3. The van der Waals surface area contributed by atoms with Crippen molar-refractivity contribution in [1.82, 2.24) is 9.80 Å². The van der Waals surface area contributed by atoms with Crippen LogP contribution in [0.2, 0.25) is 0 Å². The Bertz CT molecular complexity index is 374. The molecule has 1 amide bonds. The Kier molecular flexibility index (Phi) is 6.01. The summed E-state index contributed by atoms with van der Waals surface area (Å²) in [6.07, 6.45) is 7.21. The zero-order valence-corrected chi connectivity index (χ0v) is 13.0. The molecule has 21 heavy (non-hydrogen) atoms. The van der Waals surface area contributed by atoms with Crippen LogP contribution in [0.5, 0.6) is 0 Å². The Balaban J connectivity index is 1.92. The predicted octanol–water partition coefficient (Wildman–Crippen LogP) is 1.34. The van der Waals surface area contributed by atoms with Crippen LogP contribution >= 0.6 is 0 Å². The van der Waals surface area contributed by atoms with Gasteiger partial charge in [0.25, 0.3) is 0 Å². The Morgan fingerprint density at radius 2 is 1.71 bits per heavy atom. The number of hydrogen-bond donors (Lipinski definition) is 1. The van der Waals surface area contributed by atoms with Crippen LogP contribution in [0.3, 0.4) is 0 Å². The summed E-state index contributed by atoms with van der Waals surface area (Å²) in [6.45, 7) is 4.64.